The normalized spacial score (nSPS) is 20.0. The van der Waals surface area contributed by atoms with E-state index in [0.717, 1.165) is 10.9 Å². The number of rotatable bonds is 4. The topological polar surface area (TPSA) is 95.3 Å². The molecule has 3 heterocycles. The van der Waals surface area contributed by atoms with Gasteiger partial charge in [0.2, 0.25) is 0 Å². The maximum atomic E-state index is 13.0. The Kier molecular flexibility index (Phi) is 5.10. The fourth-order valence-electron chi connectivity index (χ4n) is 4.42. The van der Waals surface area contributed by atoms with E-state index >= 15 is 0 Å². The number of nitrogens with zero attached hydrogens (tertiary/aromatic N) is 1. The lowest BCUT2D eigenvalue weighted by Crippen LogP contribution is -2.41. The Balaban J connectivity index is 1.56. The molecule has 2 aliphatic rings. The maximum absolute atomic E-state index is 13.0. The van der Waals surface area contributed by atoms with Crippen LogP contribution in [0, 0.1) is 0 Å². The molecule has 0 bridgehead atoms. The predicted molar refractivity (Wildman–Crippen MR) is 119 cm³/mol. The lowest BCUT2D eigenvalue weighted by molar-refractivity contribution is 0.0649. The molecule has 0 amide bonds. The molecule has 9 heteroatoms. The Bertz CT molecular complexity index is 1360. The molecular weight excluding hydrogens is 434 g/mol. The van der Waals surface area contributed by atoms with E-state index in [1.165, 1.54) is 7.11 Å². The average Bonchev–Trinajstić information content (AvgIpc) is 3.17. The van der Waals surface area contributed by atoms with Gasteiger partial charge in [-0.2, -0.15) is 0 Å². The van der Waals surface area contributed by atoms with E-state index in [-0.39, 0.29) is 17.5 Å². The van der Waals surface area contributed by atoms with Crippen LogP contribution in [0.1, 0.15) is 12.0 Å². The summed E-state index contributed by atoms with van der Waals surface area (Å²) in [6.07, 6.45) is 0.581. The zero-order chi connectivity index (χ0) is 22.5. The van der Waals surface area contributed by atoms with Crippen LogP contribution in [0.15, 0.2) is 45.6 Å². The summed E-state index contributed by atoms with van der Waals surface area (Å²) in [7, 11) is 0.0872. The van der Waals surface area contributed by atoms with Gasteiger partial charge in [-0.3, -0.25) is 4.90 Å². The Morgan fingerprint density at radius 1 is 1.06 bits per heavy atom. The molecule has 32 heavy (non-hydrogen) atoms. The van der Waals surface area contributed by atoms with Gasteiger partial charge in [0.25, 0.3) is 0 Å². The molecule has 0 unspecified atom stereocenters. The summed E-state index contributed by atoms with van der Waals surface area (Å²) >= 11 is 0. The summed E-state index contributed by atoms with van der Waals surface area (Å²) in [6, 6.07) is 10.6. The van der Waals surface area contributed by atoms with E-state index in [4.69, 9.17) is 18.6 Å². The van der Waals surface area contributed by atoms with E-state index in [0.29, 0.717) is 53.7 Å². The van der Waals surface area contributed by atoms with Crippen molar-refractivity contribution in [2.45, 2.75) is 19.0 Å². The molecule has 1 fully saturated rings. The van der Waals surface area contributed by atoms with Gasteiger partial charge in [0.15, 0.2) is 9.84 Å². The van der Waals surface area contributed by atoms with Crippen molar-refractivity contribution in [2.24, 2.45) is 0 Å². The third-order valence-corrected chi connectivity index (χ3v) is 7.88. The van der Waals surface area contributed by atoms with E-state index in [1.807, 2.05) is 17.0 Å². The molecule has 0 N–H and O–H groups in total. The average molecular weight is 458 g/mol. The minimum Gasteiger partial charge on any atom is -0.497 e. The highest BCUT2D eigenvalue weighted by molar-refractivity contribution is 7.91. The molecule has 1 atom stereocenters. The zero-order valence-electron chi connectivity index (χ0n) is 17.8. The van der Waals surface area contributed by atoms with Crippen molar-refractivity contribution in [2.75, 3.05) is 32.5 Å². The molecule has 0 radical (unpaired) electrons. The van der Waals surface area contributed by atoms with Gasteiger partial charge in [0.1, 0.15) is 29.6 Å². The van der Waals surface area contributed by atoms with E-state index in [1.54, 1.807) is 31.4 Å². The summed E-state index contributed by atoms with van der Waals surface area (Å²) < 4.78 is 46.2. The second-order valence-corrected chi connectivity index (χ2v) is 10.3. The van der Waals surface area contributed by atoms with Crippen LogP contribution in [0.3, 0.4) is 0 Å². The minimum atomic E-state index is -3.01. The van der Waals surface area contributed by atoms with Gasteiger partial charge in [0.05, 0.1) is 36.9 Å². The number of hydrogen-bond donors (Lipinski definition) is 0. The number of sulfone groups is 1. The van der Waals surface area contributed by atoms with Crippen LogP contribution in [-0.4, -0.2) is 51.8 Å². The Morgan fingerprint density at radius 3 is 2.62 bits per heavy atom. The highest BCUT2D eigenvalue weighted by Crippen LogP contribution is 2.37. The third-order valence-electron chi connectivity index (χ3n) is 6.13. The Hall–Kier alpha value is -3.04. The first-order chi connectivity index (χ1) is 15.4. The second kappa shape index (κ2) is 7.83. The molecular formula is C23H23NO7S. The van der Waals surface area contributed by atoms with Crippen molar-refractivity contribution >= 4 is 20.8 Å². The van der Waals surface area contributed by atoms with Gasteiger partial charge in [-0.15, -0.1) is 0 Å². The fourth-order valence-corrected chi connectivity index (χ4v) is 6.18. The van der Waals surface area contributed by atoms with Gasteiger partial charge in [-0.1, -0.05) is 0 Å². The number of ether oxygens (including phenoxy) is 3. The van der Waals surface area contributed by atoms with Crippen LogP contribution in [0.5, 0.6) is 17.2 Å². The Morgan fingerprint density at radius 2 is 1.91 bits per heavy atom. The highest BCUT2D eigenvalue weighted by Gasteiger charge is 2.35. The Labute approximate surface area is 185 Å². The summed E-state index contributed by atoms with van der Waals surface area (Å²) in [4.78, 5) is 15.0. The largest absolute Gasteiger partial charge is 0.497 e. The summed E-state index contributed by atoms with van der Waals surface area (Å²) in [6.45, 7) is 0.769. The van der Waals surface area contributed by atoms with Gasteiger partial charge in [0, 0.05) is 29.6 Å². The van der Waals surface area contributed by atoms with Crippen LogP contribution >= 0.6 is 0 Å². The highest BCUT2D eigenvalue weighted by atomic mass is 32.2. The van der Waals surface area contributed by atoms with Crippen LogP contribution in [-0.2, 0) is 16.4 Å². The monoisotopic (exact) mass is 457 g/mol. The first kappa shape index (κ1) is 20.8. The number of benzene rings is 2. The lowest BCUT2D eigenvalue weighted by atomic mass is 10.0. The van der Waals surface area contributed by atoms with Crippen molar-refractivity contribution in [3.8, 4) is 28.4 Å². The van der Waals surface area contributed by atoms with E-state index in [2.05, 4.69) is 0 Å². The van der Waals surface area contributed by atoms with Gasteiger partial charge in [-0.05, 0) is 36.8 Å². The molecule has 2 aromatic carbocycles. The van der Waals surface area contributed by atoms with Crippen molar-refractivity contribution in [1.82, 2.24) is 4.90 Å². The molecule has 1 saturated heterocycles. The molecule has 2 aliphatic heterocycles. The van der Waals surface area contributed by atoms with E-state index in [9.17, 15) is 13.2 Å². The number of hydrogen-bond acceptors (Lipinski definition) is 8. The molecule has 0 saturated carbocycles. The second-order valence-electron chi connectivity index (χ2n) is 8.05. The zero-order valence-corrected chi connectivity index (χ0v) is 18.6. The fraction of sp³-hybridized carbons (Fsp3) is 0.348. The number of methoxy groups -OCH3 is 2. The van der Waals surface area contributed by atoms with Gasteiger partial charge >= 0.3 is 5.63 Å². The van der Waals surface area contributed by atoms with E-state index < -0.39 is 15.5 Å². The quantitative estimate of drug-likeness (QED) is 0.552. The molecule has 0 aliphatic carbocycles. The minimum absolute atomic E-state index is 0.0991. The smallest absolute Gasteiger partial charge is 0.344 e. The van der Waals surface area contributed by atoms with Crippen LogP contribution in [0.2, 0.25) is 0 Å². The predicted octanol–water partition coefficient (Wildman–Crippen LogP) is 2.82. The van der Waals surface area contributed by atoms with Gasteiger partial charge < -0.3 is 18.6 Å². The summed E-state index contributed by atoms with van der Waals surface area (Å²) in [5.74, 6) is 2.09. The molecule has 8 nitrogen and oxygen atoms in total. The molecule has 5 rings (SSSR count). The maximum Gasteiger partial charge on any atom is 0.344 e. The first-order valence-electron chi connectivity index (χ1n) is 10.3. The van der Waals surface area contributed by atoms with Crippen molar-refractivity contribution < 1.29 is 27.0 Å². The lowest BCUT2D eigenvalue weighted by Gasteiger charge is -2.33. The van der Waals surface area contributed by atoms with Crippen LogP contribution in [0.4, 0.5) is 0 Å². The number of fused-ring (bicyclic) bond motifs is 3. The van der Waals surface area contributed by atoms with Crippen molar-refractivity contribution in [3.63, 3.8) is 0 Å². The molecule has 1 aromatic heterocycles. The summed E-state index contributed by atoms with van der Waals surface area (Å²) in [5, 5.41) is 0.751. The molecule has 168 valence electrons. The molecule has 0 spiro atoms. The van der Waals surface area contributed by atoms with Crippen molar-refractivity contribution in [1.29, 1.82) is 0 Å². The standard InChI is InChI=1S/C23H23NO7S/c1-28-16-4-5-17(21(10-16)29-2)18-9-14-3-6-20-19(22(14)31-23(18)25)11-24(13-30-20)15-7-8-32(26,27)12-15/h3-6,9-10,15H,7-8,11-13H2,1-2H3/t15-/m1/s1. The van der Waals surface area contributed by atoms with Gasteiger partial charge in [-0.25, -0.2) is 13.2 Å². The molecule has 3 aromatic rings. The summed E-state index contributed by atoms with van der Waals surface area (Å²) in [5.41, 5.74) is 1.70. The van der Waals surface area contributed by atoms with Crippen molar-refractivity contribution in [3.05, 3.63) is 52.4 Å². The third kappa shape index (κ3) is 3.61. The van der Waals surface area contributed by atoms with Crippen LogP contribution < -0.4 is 19.8 Å². The SMILES string of the molecule is COc1ccc(-c2cc3ccc4c(c3oc2=O)CN([C@@H]2CCS(=O)(=O)C2)CO4)c(OC)c1. The van der Waals surface area contributed by atoms with Crippen LogP contribution in [0.25, 0.3) is 22.1 Å². The first-order valence-corrected chi connectivity index (χ1v) is 12.1.